The molecule has 2 aromatic rings. The highest BCUT2D eigenvalue weighted by Gasteiger charge is 2.34. The fourth-order valence-electron chi connectivity index (χ4n) is 4.32. The highest BCUT2D eigenvalue weighted by Crippen LogP contribution is 2.28. The van der Waals surface area contributed by atoms with Crippen molar-refractivity contribution in [2.24, 2.45) is 0 Å². The second-order valence-corrected chi connectivity index (χ2v) is 8.11. The molecule has 0 saturated carbocycles. The predicted molar refractivity (Wildman–Crippen MR) is 124 cm³/mol. The minimum atomic E-state index is -0.539. The second-order valence-electron chi connectivity index (χ2n) is 8.11. The highest BCUT2D eigenvalue weighted by atomic mass is 16.5. The van der Waals surface area contributed by atoms with Crippen molar-refractivity contribution in [3.63, 3.8) is 0 Å². The van der Waals surface area contributed by atoms with Crippen molar-refractivity contribution in [2.75, 3.05) is 44.7 Å². The molecule has 168 valence electrons. The quantitative estimate of drug-likeness (QED) is 0.684. The smallest absolute Gasteiger partial charge is 0.338 e. The molecule has 7 nitrogen and oxygen atoms in total. The number of anilines is 1. The minimum absolute atomic E-state index is 0.305. The van der Waals surface area contributed by atoms with Gasteiger partial charge >= 0.3 is 12.0 Å². The van der Waals surface area contributed by atoms with E-state index in [1.807, 2.05) is 42.5 Å². The van der Waals surface area contributed by atoms with Gasteiger partial charge in [0.05, 0.1) is 18.7 Å². The monoisotopic (exact) mass is 434 g/mol. The summed E-state index contributed by atoms with van der Waals surface area (Å²) in [7, 11) is 1.37. The lowest BCUT2D eigenvalue weighted by molar-refractivity contribution is -0.136. The first kappa shape index (κ1) is 21.9. The van der Waals surface area contributed by atoms with Crippen LogP contribution in [0.25, 0.3) is 0 Å². The number of amides is 2. The van der Waals surface area contributed by atoms with Gasteiger partial charge in [-0.15, -0.1) is 0 Å². The number of carbonyl (C=O) groups excluding carboxylic acids is 2. The van der Waals surface area contributed by atoms with Crippen LogP contribution in [0.1, 0.15) is 24.1 Å². The number of hydrogen-bond acceptors (Lipinski definition) is 5. The number of rotatable bonds is 6. The van der Waals surface area contributed by atoms with Crippen LogP contribution in [0.3, 0.4) is 0 Å². The molecule has 2 aliphatic rings. The number of carbonyl (C=O) groups is 2. The zero-order valence-corrected chi connectivity index (χ0v) is 18.6. The summed E-state index contributed by atoms with van der Waals surface area (Å²) in [5, 5.41) is 5.76. The first-order valence-corrected chi connectivity index (χ1v) is 11.1. The van der Waals surface area contributed by atoms with E-state index >= 15 is 0 Å². The standard InChI is InChI=1S/C25H30N4O3/c1-3-18-9-11-19(12-10-18)23-22(24(30)32-2)21(26-25(31)27-23)17-28-13-15-29(16-14-28)20-7-5-4-6-8-20/h4-12,23H,3,13-17H2,1-2H3,(H2,26,27,31)/t23-/m1/s1. The normalized spacial score (nSPS) is 19.4. The van der Waals surface area contributed by atoms with E-state index in [4.69, 9.17) is 4.74 Å². The van der Waals surface area contributed by atoms with Crippen LogP contribution in [0.15, 0.2) is 65.9 Å². The van der Waals surface area contributed by atoms with Crippen molar-refractivity contribution >= 4 is 17.7 Å². The zero-order chi connectivity index (χ0) is 22.5. The van der Waals surface area contributed by atoms with Gasteiger partial charge in [-0.25, -0.2) is 9.59 Å². The molecule has 0 unspecified atom stereocenters. The number of esters is 1. The van der Waals surface area contributed by atoms with E-state index in [0.29, 0.717) is 17.8 Å². The number of hydrogen-bond donors (Lipinski definition) is 2. The Balaban J connectivity index is 1.54. The first-order valence-electron chi connectivity index (χ1n) is 11.1. The molecular formula is C25H30N4O3. The molecule has 2 aliphatic heterocycles. The molecule has 0 bridgehead atoms. The van der Waals surface area contributed by atoms with E-state index in [2.05, 4.69) is 39.5 Å². The van der Waals surface area contributed by atoms with Crippen LogP contribution in [-0.4, -0.2) is 56.7 Å². The maximum Gasteiger partial charge on any atom is 0.338 e. The predicted octanol–water partition coefficient (Wildman–Crippen LogP) is 2.85. The molecule has 2 heterocycles. The Kier molecular flexibility index (Phi) is 6.75. The molecule has 0 aromatic heterocycles. The number of aryl methyl sites for hydroxylation is 1. The fourth-order valence-corrected chi connectivity index (χ4v) is 4.32. The van der Waals surface area contributed by atoms with Gasteiger partial charge in [0.2, 0.25) is 0 Å². The summed E-state index contributed by atoms with van der Waals surface area (Å²) in [4.78, 5) is 29.9. The molecule has 0 aliphatic carbocycles. The van der Waals surface area contributed by atoms with Crippen LogP contribution in [-0.2, 0) is 16.0 Å². The number of ether oxygens (including phenoxy) is 1. The van der Waals surface area contributed by atoms with Crippen LogP contribution >= 0.6 is 0 Å². The molecule has 7 heteroatoms. The topological polar surface area (TPSA) is 73.9 Å². The Labute approximate surface area is 189 Å². The zero-order valence-electron chi connectivity index (χ0n) is 18.6. The fraction of sp³-hybridized carbons (Fsp3) is 0.360. The average Bonchev–Trinajstić information content (AvgIpc) is 2.84. The van der Waals surface area contributed by atoms with Crippen LogP contribution in [0.2, 0.25) is 0 Å². The SMILES string of the molecule is CCc1ccc([C@H]2NC(=O)NC(CN3CCN(c4ccccc4)CC3)=C2C(=O)OC)cc1. The molecule has 2 aromatic carbocycles. The minimum Gasteiger partial charge on any atom is -0.466 e. The number of methoxy groups -OCH3 is 1. The van der Waals surface area contributed by atoms with Gasteiger partial charge in [-0.3, -0.25) is 4.90 Å². The van der Waals surface area contributed by atoms with Crippen molar-refractivity contribution in [3.8, 4) is 0 Å². The van der Waals surface area contributed by atoms with E-state index in [-0.39, 0.29) is 6.03 Å². The number of benzene rings is 2. The van der Waals surface area contributed by atoms with E-state index < -0.39 is 12.0 Å². The Morgan fingerprint density at radius 2 is 1.72 bits per heavy atom. The van der Waals surface area contributed by atoms with E-state index in [1.165, 1.54) is 18.4 Å². The first-order chi connectivity index (χ1) is 15.6. The Morgan fingerprint density at radius 3 is 2.34 bits per heavy atom. The molecule has 0 radical (unpaired) electrons. The maximum absolute atomic E-state index is 12.8. The van der Waals surface area contributed by atoms with Crippen LogP contribution < -0.4 is 15.5 Å². The second kappa shape index (κ2) is 9.87. The van der Waals surface area contributed by atoms with Crippen LogP contribution in [0.4, 0.5) is 10.5 Å². The maximum atomic E-state index is 12.8. The summed E-state index contributed by atoms with van der Waals surface area (Å²) in [5.74, 6) is -0.431. The van der Waals surface area contributed by atoms with E-state index in [9.17, 15) is 9.59 Å². The Morgan fingerprint density at radius 1 is 1.03 bits per heavy atom. The lowest BCUT2D eigenvalue weighted by Crippen LogP contribution is -2.51. The number of piperazine rings is 1. The molecule has 32 heavy (non-hydrogen) atoms. The molecular weight excluding hydrogens is 404 g/mol. The van der Waals surface area contributed by atoms with Gasteiger partial charge in [-0.05, 0) is 29.7 Å². The van der Waals surface area contributed by atoms with Crippen molar-refractivity contribution in [3.05, 3.63) is 77.0 Å². The third kappa shape index (κ3) is 4.78. The van der Waals surface area contributed by atoms with Gasteiger partial charge < -0.3 is 20.3 Å². The summed E-state index contributed by atoms with van der Waals surface area (Å²) >= 11 is 0. The largest absolute Gasteiger partial charge is 0.466 e. The highest BCUT2D eigenvalue weighted by molar-refractivity contribution is 5.95. The van der Waals surface area contributed by atoms with Crippen molar-refractivity contribution < 1.29 is 14.3 Å². The van der Waals surface area contributed by atoms with Gasteiger partial charge in [0.15, 0.2) is 0 Å². The summed E-state index contributed by atoms with van der Waals surface area (Å²) in [6, 6.07) is 17.5. The number of urea groups is 1. The number of para-hydroxylation sites is 1. The third-order valence-electron chi connectivity index (χ3n) is 6.16. The molecule has 2 amide bonds. The summed E-state index contributed by atoms with van der Waals surface area (Å²) < 4.78 is 5.10. The lowest BCUT2D eigenvalue weighted by atomic mass is 9.94. The van der Waals surface area contributed by atoms with E-state index in [1.54, 1.807) is 0 Å². The van der Waals surface area contributed by atoms with Crippen molar-refractivity contribution in [1.82, 2.24) is 15.5 Å². The van der Waals surface area contributed by atoms with Gasteiger partial charge in [0.25, 0.3) is 0 Å². The van der Waals surface area contributed by atoms with Crippen LogP contribution in [0.5, 0.6) is 0 Å². The van der Waals surface area contributed by atoms with Gasteiger partial charge in [-0.1, -0.05) is 49.4 Å². The average molecular weight is 435 g/mol. The number of nitrogens with zero attached hydrogens (tertiary/aromatic N) is 2. The molecule has 2 N–H and O–H groups in total. The summed E-state index contributed by atoms with van der Waals surface area (Å²) in [6.45, 7) is 6.04. The van der Waals surface area contributed by atoms with Crippen molar-refractivity contribution in [1.29, 1.82) is 0 Å². The Bertz CT molecular complexity index is 980. The lowest BCUT2D eigenvalue weighted by Gasteiger charge is -2.38. The van der Waals surface area contributed by atoms with Crippen LogP contribution in [0, 0.1) is 0 Å². The van der Waals surface area contributed by atoms with Gasteiger partial charge in [0.1, 0.15) is 0 Å². The Hall–Kier alpha value is -3.32. The molecule has 1 saturated heterocycles. The van der Waals surface area contributed by atoms with Gasteiger partial charge in [-0.2, -0.15) is 0 Å². The molecule has 1 fully saturated rings. The molecule has 4 rings (SSSR count). The summed E-state index contributed by atoms with van der Waals surface area (Å²) in [6.07, 6.45) is 0.929. The van der Waals surface area contributed by atoms with E-state index in [0.717, 1.165) is 38.2 Å². The molecule has 1 atom stereocenters. The summed E-state index contributed by atoms with van der Waals surface area (Å²) in [5.41, 5.74) is 4.35. The van der Waals surface area contributed by atoms with Gasteiger partial charge in [0, 0.05) is 44.1 Å². The number of nitrogens with one attached hydrogen (secondary N) is 2. The van der Waals surface area contributed by atoms with Crippen molar-refractivity contribution in [2.45, 2.75) is 19.4 Å². The third-order valence-corrected chi connectivity index (χ3v) is 6.16. The molecule has 0 spiro atoms.